The first-order chi connectivity index (χ1) is 8.69. The van der Waals surface area contributed by atoms with E-state index in [-0.39, 0.29) is 0 Å². The van der Waals surface area contributed by atoms with E-state index in [1.54, 1.807) is 7.11 Å². The Morgan fingerprint density at radius 2 is 2.22 bits per heavy atom. The summed E-state index contributed by atoms with van der Waals surface area (Å²) in [7, 11) is 5.92. The topological polar surface area (TPSA) is 24.5 Å². The minimum atomic E-state index is 0.521. The average molecular weight is 266 g/mol. The van der Waals surface area contributed by atoms with Gasteiger partial charge < -0.3 is 15.0 Å². The van der Waals surface area contributed by atoms with Gasteiger partial charge in [0.25, 0.3) is 0 Å². The summed E-state index contributed by atoms with van der Waals surface area (Å²) in [5.41, 5.74) is 1.23. The molecule has 0 fully saturated rings. The second kappa shape index (κ2) is 5.85. The quantitative estimate of drug-likeness (QED) is 0.905. The molecule has 1 aliphatic rings. The maximum Gasteiger partial charge on any atom is 0.143 e. The van der Waals surface area contributed by atoms with Crippen LogP contribution in [0.15, 0.2) is 23.1 Å². The molecule has 3 nitrogen and oxygen atoms in total. The van der Waals surface area contributed by atoms with Crippen LogP contribution in [0.2, 0.25) is 0 Å². The molecule has 0 saturated heterocycles. The molecule has 1 aromatic rings. The highest BCUT2D eigenvalue weighted by molar-refractivity contribution is 8.00. The molecular weight excluding hydrogens is 244 g/mol. The Morgan fingerprint density at radius 3 is 2.89 bits per heavy atom. The summed E-state index contributed by atoms with van der Waals surface area (Å²) in [5.74, 6) is 0.974. The zero-order chi connectivity index (χ0) is 13.1. The third kappa shape index (κ3) is 2.45. The zero-order valence-electron chi connectivity index (χ0n) is 11.6. The second-order valence-corrected chi connectivity index (χ2v) is 5.99. The third-order valence-corrected chi connectivity index (χ3v) is 5.16. The van der Waals surface area contributed by atoms with Crippen LogP contribution in [0.4, 0.5) is 5.69 Å². The van der Waals surface area contributed by atoms with Crippen molar-refractivity contribution in [2.75, 3.05) is 32.6 Å². The van der Waals surface area contributed by atoms with E-state index >= 15 is 0 Å². The Balaban J connectivity index is 2.28. The molecule has 0 amide bonds. The number of benzene rings is 1. The molecule has 1 heterocycles. The van der Waals surface area contributed by atoms with Gasteiger partial charge in [-0.3, -0.25) is 0 Å². The minimum absolute atomic E-state index is 0.521. The fourth-order valence-electron chi connectivity index (χ4n) is 2.41. The molecule has 0 radical (unpaired) electrons. The Hall–Kier alpha value is -0.870. The molecule has 0 saturated carbocycles. The maximum absolute atomic E-state index is 5.48. The van der Waals surface area contributed by atoms with Gasteiger partial charge in [-0.2, -0.15) is 0 Å². The van der Waals surface area contributed by atoms with E-state index in [9.17, 15) is 0 Å². The normalized spacial score (nSPS) is 22.8. The fourth-order valence-corrected chi connectivity index (χ4v) is 3.87. The fraction of sp³-hybridized carbons (Fsp3) is 0.571. The summed E-state index contributed by atoms with van der Waals surface area (Å²) < 4.78 is 5.48. The van der Waals surface area contributed by atoms with Crippen LogP contribution >= 0.6 is 11.8 Å². The molecule has 0 aromatic heterocycles. The van der Waals surface area contributed by atoms with E-state index in [4.69, 9.17) is 4.74 Å². The van der Waals surface area contributed by atoms with Gasteiger partial charge in [0.1, 0.15) is 5.75 Å². The van der Waals surface area contributed by atoms with Crippen LogP contribution in [-0.4, -0.2) is 39.0 Å². The van der Waals surface area contributed by atoms with Gasteiger partial charge >= 0.3 is 0 Å². The summed E-state index contributed by atoms with van der Waals surface area (Å²) in [6, 6.07) is 6.82. The lowest BCUT2D eigenvalue weighted by molar-refractivity contribution is 0.411. The Morgan fingerprint density at radius 1 is 1.44 bits per heavy atom. The number of fused-ring (bicyclic) bond motifs is 1. The van der Waals surface area contributed by atoms with E-state index in [2.05, 4.69) is 36.3 Å². The van der Waals surface area contributed by atoms with Gasteiger partial charge in [0, 0.05) is 23.2 Å². The second-order valence-electron chi connectivity index (χ2n) is 4.71. The van der Waals surface area contributed by atoms with Crippen molar-refractivity contribution in [3.63, 3.8) is 0 Å². The SMILES string of the molecule is CNCCC1Sc2cccc(OC)c2N(C)C1C. The molecule has 18 heavy (non-hydrogen) atoms. The molecule has 0 bridgehead atoms. The lowest BCUT2D eigenvalue weighted by atomic mass is 10.1. The number of para-hydroxylation sites is 1. The van der Waals surface area contributed by atoms with E-state index in [0.29, 0.717) is 11.3 Å². The molecule has 2 unspecified atom stereocenters. The minimum Gasteiger partial charge on any atom is -0.495 e. The molecule has 2 atom stereocenters. The molecule has 1 aliphatic heterocycles. The molecule has 0 spiro atoms. The lowest BCUT2D eigenvalue weighted by Gasteiger charge is -2.40. The van der Waals surface area contributed by atoms with Crippen molar-refractivity contribution in [3.05, 3.63) is 18.2 Å². The highest BCUT2D eigenvalue weighted by Gasteiger charge is 2.31. The Labute approximate surface area is 114 Å². The highest BCUT2D eigenvalue weighted by atomic mass is 32.2. The van der Waals surface area contributed by atoms with Crippen LogP contribution in [0.1, 0.15) is 13.3 Å². The van der Waals surface area contributed by atoms with Crippen LogP contribution in [0.5, 0.6) is 5.75 Å². The summed E-state index contributed by atoms with van der Waals surface area (Å²) in [5, 5.41) is 3.87. The molecule has 0 aliphatic carbocycles. The first-order valence-electron chi connectivity index (χ1n) is 6.40. The molecule has 2 rings (SSSR count). The molecular formula is C14H22N2OS. The average Bonchev–Trinajstić information content (AvgIpc) is 2.40. The van der Waals surface area contributed by atoms with Crippen LogP contribution in [0, 0.1) is 0 Å². The molecule has 1 N–H and O–H groups in total. The summed E-state index contributed by atoms with van der Waals surface area (Å²) in [6.45, 7) is 3.36. The number of hydrogen-bond donors (Lipinski definition) is 1. The monoisotopic (exact) mass is 266 g/mol. The van der Waals surface area contributed by atoms with Gasteiger partial charge in [0.2, 0.25) is 0 Å². The third-order valence-electron chi connectivity index (χ3n) is 3.64. The molecule has 100 valence electrons. The van der Waals surface area contributed by atoms with Gasteiger partial charge in [-0.1, -0.05) is 6.07 Å². The van der Waals surface area contributed by atoms with Crippen molar-refractivity contribution >= 4 is 17.4 Å². The number of hydrogen-bond acceptors (Lipinski definition) is 4. The first kappa shape index (κ1) is 13.6. The molecule has 4 heteroatoms. The van der Waals surface area contributed by atoms with Gasteiger partial charge in [-0.25, -0.2) is 0 Å². The van der Waals surface area contributed by atoms with E-state index in [1.807, 2.05) is 24.9 Å². The van der Waals surface area contributed by atoms with Crippen molar-refractivity contribution in [1.82, 2.24) is 5.32 Å². The predicted octanol–water partition coefficient (Wildman–Crippen LogP) is 2.60. The number of ether oxygens (including phenoxy) is 1. The number of rotatable bonds is 4. The highest BCUT2D eigenvalue weighted by Crippen LogP contribution is 2.46. The summed E-state index contributed by atoms with van der Waals surface area (Å²) >= 11 is 1.98. The number of nitrogens with one attached hydrogen (secondary N) is 1. The van der Waals surface area contributed by atoms with Gasteiger partial charge in [0.05, 0.1) is 12.8 Å². The smallest absolute Gasteiger partial charge is 0.143 e. The van der Waals surface area contributed by atoms with Crippen LogP contribution in [0.25, 0.3) is 0 Å². The predicted molar refractivity (Wildman–Crippen MR) is 79.0 cm³/mol. The largest absolute Gasteiger partial charge is 0.495 e. The first-order valence-corrected chi connectivity index (χ1v) is 7.28. The number of anilines is 1. The van der Waals surface area contributed by atoms with Crippen LogP contribution in [-0.2, 0) is 0 Å². The standard InChI is InChI=1S/C14H22N2OS/c1-10-12(8-9-15-2)18-13-7-5-6-11(17-4)14(13)16(10)3/h5-7,10,12,15H,8-9H2,1-4H3. The number of methoxy groups -OCH3 is 1. The van der Waals surface area contributed by atoms with Crippen molar-refractivity contribution < 1.29 is 4.74 Å². The van der Waals surface area contributed by atoms with E-state index in [1.165, 1.54) is 17.0 Å². The zero-order valence-corrected chi connectivity index (χ0v) is 12.4. The Bertz CT molecular complexity index is 411. The van der Waals surface area contributed by atoms with Crippen molar-refractivity contribution in [2.45, 2.75) is 29.5 Å². The van der Waals surface area contributed by atoms with Gasteiger partial charge in [-0.05, 0) is 39.1 Å². The summed E-state index contributed by atoms with van der Waals surface area (Å²) in [4.78, 5) is 3.68. The Kier molecular flexibility index (Phi) is 4.40. The van der Waals surface area contributed by atoms with Crippen molar-refractivity contribution in [3.8, 4) is 5.75 Å². The number of nitrogens with zero attached hydrogens (tertiary/aromatic N) is 1. The van der Waals surface area contributed by atoms with E-state index < -0.39 is 0 Å². The van der Waals surface area contributed by atoms with E-state index in [0.717, 1.165) is 12.3 Å². The van der Waals surface area contributed by atoms with Crippen LogP contribution in [0.3, 0.4) is 0 Å². The number of thioether (sulfide) groups is 1. The van der Waals surface area contributed by atoms with Crippen molar-refractivity contribution in [1.29, 1.82) is 0 Å². The maximum atomic E-state index is 5.48. The lowest BCUT2D eigenvalue weighted by Crippen LogP contribution is -2.41. The van der Waals surface area contributed by atoms with Gasteiger partial charge in [0.15, 0.2) is 0 Å². The summed E-state index contributed by atoms with van der Waals surface area (Å²) in [6.07, 6.45) is 1.18. The van der Waals surface area contributed by atoms with Gasteiger partial charge in [-0.15, -0.1) is 11.8 Å². The van der Waals surface area contributed by atoms with Crippen LogP contribution < -0.4 is 15.0 Å². The van der Waals surface area contributed by atoms with Crippen molar-refractivity contribution in [2.24, 2.45) is 0 Å². The molecule has 1 aromatic carbocycles.